The lowest BCUT2D eigenvalue weighted by Gasteiger charge is -2.20. The molecule has 3 N–H and O–H groups in total. The summed E-state index contributed by atoms with van der Waals surface area (Å²) in [6, 6.07) is 19.7. The second kappa shape index (κ2) is 8.85. The molecule has 2 atom stereocenters. The van der Waals surface area contributed by atoms with E-state index in [-0.39, 0.29) is 17.9 Å². The summed E-state index contributed by atoms with van der Waals surface area (Å²) in [7, 11) is 0. The molecule has 0 radical (unpaired) electrons. The smallest absolute Gasteiger partial charge is 0.238 e. The van der Waals surface area contributed by atoms with Crippen LogP contribution in [0.15, 0.2) is 73.1 Å². The molecule has 0 spiro atoms. The van der Waals surface area contributed by atoms with Crippen LogP contribution >= 0.6 is 0 Å². The number of hydrogen-bond acceptors (Lipinski definition) is 4. The van der Waals surface area contributed by atoms with Gasteiger partial charge in [0.1, 0.15) is 17.1 Å². The molecule has 1 aliphatic rings. The third-order valence-corrected chi connectivity index (χ3v) is 6.08. The van der Waals surface area contributed by atoms with Crippen LogP contribution in [-0.2, 0) is 11.3 Å². The Bertz CT molecular complexity index is 1220. The highest BCUT2D eigenvalue weighted by Crippen LogP contribution is 2.33. The van der Waals surface area contributed by atoms with Crippen LogP contribution in [0.25, 0.3) is 11.0 Å². The van der Waals surface area contributed by atoms with E-state index in [4.69, 9.17) is 4.74 Å². The minimum Gasteiger partial charge on any atom is -0.457 e. The summed E-state index contributed by atoms with van der Waals surface area (Å²) in [6.45, 7) is 3.40. The molecule has 1 amide bonds. The van der Waals surface area contributed by atoms with Gasteiger partial charge in [-0.15, -0.1) is 0 Å². The fourth-order valence-electron chi connectivity index (χ4n) is 4.41. The minimum absolute atomic E-state index is 0.0405. The lowest BCUT2D eigenvalue weighted by atomic mass is 9.91. The van der Waals surface area contributed by atoms with Crippen molar-refractivity contribution in [2.45, 2.75) is 31.8 Å². The van der Waals surface area contributed by atoms with Crippen LogP contribution in [0.2, 0.25) is 0 Å². The molecule has 0 bridgehead atoms. The maximum Gasteiger partial charge on any atom is 0.238 e. The van der Waals surface area contributed by atoms with Crippen molar-refractivity contribution in [2.75, 3.05) is 6.54 Å². The summed E-state index contributed by atoms with van der Waals surface area (Å²) in [4.78, 5) is 20.3. The zero-order valence-electron chi connectivity index (χ0n) is 18.0. The van der Waals surface area contributed by atoms with E-state index in [0.29, 0.717) is 6.54 Å². The second-order valence-electron chi connectivity index (χ2n) is 8.21. The summed E-state index contributed by atoms with van der Waals surface area (Å²) < 4.78 is 6.16. The maximum absolute atomic E-state index is 12.8. The number of benzene rings is 2. The molecule has 2 aromatic carbocycles. The molecule has 5 rings (SSSR count). The van der Waals surface area contributed by atoms with Crippen molar-refractivity contribution in [1.29, 1.82) is 0 Å². The number of nitrogens with one attached hydrogen (secondary N) is 3. The Labute approximate surface area is 187 Å². The Morgan fingerprint density at radius 2 is 1.94 bits per heavy atom. The molecule has 2 aromatic heterocycles. The number of hydrogen-bond donors (Lipinski definition) is 3. The van der Waals surface area contributed by atoms with Gasteiger partial charge in [0, 0.05) is 24.9 Å². The molecule has 6 nitrogen and oxygen atoms in total. The van der Waals surface area contributed by atoms with Crippen molar-refractivity contribution in [3.63, 3.8) is 0 Å². The van der Waals surface area contributed by atoms with Crippen molar-refractivity contribution < 1.29 is 9.53 Å². The topological polar surface area (TPSA) is 79.0 Å². The fourth-order valence-corrected chi connectivity index (χ4v) is 4.41. The summed E-state index contributed by atoms with van der Waals surface area (Å²) in [5.74, 6) is 1.72. The maximum atomic E-state index is 12.8. The molecule has 1 saturated heterocycles. The van der Waals surface area contributed by atoms with Gasteiger partial charge in [-0.2, -0.15) is 0 Å². The highest BCUT2D eigenvalue weighted by molar-refractivity contribution is 5.86. The molecule has 32 heavy (non-hydrogen) atoms. The third kappa shape index (κ3) is 4.09. The number of nitrogens with zero attached hydrogens (tertiary/aromatic N) is 1. The van der Waals surface area contributed by atoms with Crippen LogP contribution in [0.5, 0.6) is 11.5 Å². The molecule has 1 fully saturated rings. The number of fused-ring (bicyclic) bond motifs is 1. The molecule has 1 aliphatic heterocycles. The first kappa shape index (κ1) is 20.3. The van der Waals surface area contributed by atoms with E-state index >= 15 is 0 Å². The van der Waals surface area contributed by atoms with Gasteiger partial charge in [-0.05, 0) is 54.8 Å². The van der Waals surface area contributed by atoms with Crippen LogP contribution in [0.4, 0.5) is 0 Å². The summed E-state index contributed by atoms with van der Waals surface area (Å²) in [5.41, 5.74) is 4.15. The van der Waals surface area contributed by atoms with Gasteiger partial charge in [0.2, 0.25) is 5.91 Å². The van der Waals surface area contributed by atoms with Crippen molar-refractivity contribution in [3.8, 4) is 11.5 Å². The fraction of sp³-hybridized carbons (Fsp3) is 0.231. The molecule has 6 heteroatoms. The molecule has 162 valence electrons. The van der Waals surface area contributed by atoms with Gasteiger partial charge >= 0.3 is 0 Å². The number of carbonyl (C=O) groups excluding carboxylic acids is 1. The first-order valence-electron chi connectivity index (χ1n) is 10.9. The molecule has 0 aliphatic carbocycles. The van der Waals surface area contributed by atoms with Crippen LogP contribution in [0.1, 0.15) is 29.0 Å². The second-order valence-corrected chi connectivity index (χ2v) is 8.21. The number of aromatic amines is 1. The quantitative estimate of drug-likeness (QED) is 0.426. The molecule has 0 unspecified atom stereocenters. The van der Waals surface area contributed by atoms with E-state index < -0.39 is 0 Å². The van der Waals surface area contributed by atoms with Crippen molar-refractivity contribution >= 4 is 16.9 Å². The molecular weight excluding hydrogens is 400 g/mol. The van der Waals surface area contributed by atoms with Crippen LogP contribution < -0.4 is 15.4 Å². The Hall–Kier alpha value is -3.64. The number of carbonyl (C=O) groups is 1. The average molecular weight is 427 g/mol. The number of amides is 1. The van der Waals surface area contributed by atoms with E-state index in [1.165, 1.54) is 0 Å². The van der Waals surface area contributed by atoms with Crippen molar-refractivity contribution in [1.82, 2.24) is 20.6 Å². The van der Waals surface area contributed by atoms with Crippen molar-refractivity contribution in [3.05, 3.63) is 89.7 Å². The minimum atomic E-state index is -0.229. The van der Waals surface area contributed by atoms with Crippen LogP contribution in [-0.4, -0.2) is 28.5 Å². The highest BCUT2D eigenvalue weighted by Gasteiger charge is 2.33. The van der Waals surface area contributed by atoms with Crippen LogP contribution in [0.3, 0.4) is 0 Å². The van der Waals surface area contributed by atoms with Crippen LogP contribution in [0, 0.1) is 6.92 Å². The Kier molecular flexibility index (Phi) is 5.60. The van der Waals surface area contributed by atoms with E-state index in [9.17, 15) is 4.79 Å². The van der Waals surface area contributed by atoms with Gasteiger partial charge in [0.25, 0.3) is 0 Å². The van der Waals surface area contributed by atoms with E-state index in [2.05, 4.69) is 32.7 Å². The SMILES string of the molecule is Cc1c[nH]c2nccc(Oc3ccc([C@H]4CCN[C@@H]4C(=O)NCc4ccccc4)cc3)c12. The van der Waals surface area contributed by atoms with Gasteiger partial charge in [0.05, 0.1) is 11.4 Å². The number of rotatable bonds is 6. The molecule has 4 aromatic rings. The Balaban J connectivity index is 1.27. The Morgan fingerprint density at radius 1 is 1.12 bits per heavy atom. The summed E-state index contributed by atoms with van der Waals surface area (Å²) in [6.07, 6.45) is 4.60. The van der Waals surface area contributed by atoms with E-state index in [1.807, 2.05) is 61.7 Å². The Morgan fingerprint density at radius 3 is 2.75 bits per heavy atom. The van der Waals surface area contributed by atoms with Gasteiger partial charge in [0.15, 0.2) is 0 Å². The normalized spacial score (nSPS) is 18.0. The third-order valence-electron chi connectivity index (χ3n) is 6.08. The van der Waals surface area contributed by atoms with Gasteiger partial charge in [-0.3, -0.25) is 4.79 Å². The lowest BCUT2D eigenvalue weighted by molar-refractivity contribution is -0.123. The van der Waals surface area contributed by atoms with Gasteiger partial charge in [-0.25, -0.2) is 4.98 Å². The highest BCUT2D eigenvalue weighted by atomic mass is 16.5. The monoisotopic (exact) mass is 426 g/mol. The van der Waals surface area contributed by atoms with E-state index in [0.717, 1.165) is 52.2 Å². The first-order valence-corrected chi connectivity index (χ1v) is 10.9. The number of pyridine rings is 1. The standard InChI is InChI=1S/C26H26N4O2/c1-17-15-29-25-23(17)22(12-14-28-25)32-20-9-7-19(8-10-20)21-11-13-27-24(21)26(31)30-16-18-5-3-2-4-6-18/h2-10,12,14-15,21,24,27H,11,13,16H2,1H3,(H,28,29)(H,30,31)/t21-,24+/m1/s1. The number of ether oxygens (including phenoxy) is 1. The number of H-pyrrole nitrogens is 1. The van der Waals surface area contributed by atoms with Crippen molar-refractivity contribution in [2.24, 2.45) is 0 Å². The number of aryl methyl sites for hydroxylation is 1. The first-order chi connectivity index (χ1) is 15.7. The predicted molar refractivity (Wildman–Crippen MR) is 125 cm³/mol. The molecular formula is C26H26N4O2. The van der Waals surface area contributed by atoms with Gasteiger partial charge in [-0.1, -0.05) is 42.5 Å². The molecule has 3 heterocycles. The number of aromatic nitrogens is 2. The largest absolute Gasteiger partial charge is 0.457 e. The van der Waals surface area contributed by atoms with Gasteiger partial charge < -0.3 is 20.4 Å². The average Bonchev–Trinajstić information content (AvgIpc) is 3.47. The summed E-state index contributed by atoms with van der Waals surface area (Å²) in [5, 5.41) is 7.43. The summed E-state index contributed by atoms with van der Waals surface area (Å²) >= 11 is 0. The lowest BCUT2D eigenvalue weighted by Crippen LogP contribution is -2.42. The predicted octanol–water partition coefficient (Wildman–Crippen LogP) is 4.43. The zero-order valence-corrected chi connectivity index (χ0v) is 18.0. The zero-order chi connectivity index (χ0) is 21.9. The van der Waals surface area contributed by atoms with E-state index in [1.54, 1.807) is 6.20 Å². The molecule has 0 saturated carbocycles.